The number of hydrogen-bond acceptors (Lipinski definition) is 1. The predicted octanol–water partition coefficient (Wildman–Crippen LogP) is 4.07. The first-order chi connectivity index (χ1) is 7.48. The maximum atomic E-state index is 12.5. The number of rotatable bonds is 1. The molecular formula is C11H11BrF3N. The highest BCUT2D eigenvalue weighted by Crippen LogP contribution is 2.37. The van der Waals surface area contributed by atoms with Crippen LogP contribution in [-0.2, 0) is 6.18 Å². The summed E-state index contributed by atoms with van der Waals surface area (Å²) in [5.41, 5.74) is 0.243. The first kappa shape index (κ1) is 11.8. The minimum absolute atomic E-state index is 0.115. The fourth-order valence-electron chi connectivity index (χ4n) is 1.91. The van der Waals surface area contributed by atoms with E-state index >= 15 is 0 Å². The van der Waals surface area contributed by atoms with E-state index in [1.54, 1.807) is 12.1 Å². The summed E-state index contributed by atoms with van der Waals surface area (Å²) in [5, 5.41) is 0. The molecule has 2 rings (SSSR count). The second-order valence-corrected chi connectivity index (χ2v) is 4.71. The fraction of sp³-hybridized carbons (Fsp3) is 0.455. The van der Waals surface area contributed by atoms with Crippen molar-refractivity contribution < 1.29 is 13.2 Å². The predicted molar refractivity (Wildman–Crippen MR) is 60.6 cm³/mol. The molecule has 0 bridgehead atoms. The van der Waals surface area contributed by atoms with Crippen molar-refractivity contribution in [1.82, 2.24) is 0 Å². The Hall–Kier alpha value is -0.710. The van der Waals surface area contributed by atoms with E-state index in [0.717, 1.165) is 37.7 Å². The third-order valence-electron chi connectivity index (χ3n) is 2.73. The zero-order valence-corrected chi connectivity index (χ0v) is 10.1. The Balaban J connectivity index is 2.29. The third kappa shape index (κ3) is 2.34. The maximum Gasteiger partial charge on any atom is 0.417 e. The molecule has 0 radical (unpaired) electrons. The molecule has 0 aromatic heterocycles. The van der Waals surface area contributed by atoms with E-state index in [1.165, 1.54) is 0 Å². The number of benzene rings is 1. The lowest BCUT2D eigenvalue weighted by atomic mass is 10.2. The molecule has 0 spiro atoms. The van der Waals surface area contributed by atoms with Crippen molar-refractivity contribution in [3.05, 3.63) is 28.2 Å². The van der Waals surface area contributed by atoms with Crippen LogP contribution in [0.4, 0.5) is 18.9 Å². The van der Waals surface area contributed by atoms with Gasteiger partial charge in [0.05, 0.1) is 5.56 Å². The van der Waals surface area contributed by atoms with Gasteiger partial charge in [0, 0.05) is 23.2 Å². The summed E-state index contributed by atoms with van der Waals surface area (Å²) in [6.45, 7) is 1.86. The number of halogens is 4. The van der Waals surface area contributed by atoms with Crippen molar-refractivity contribution in [3.63, 3.8) is 0 Å². The quantitative estimate of drug-likeness (QED) is 0.754. The van der Waals surface area contributed by atoms with Crippen molar-refractivity contribution in [2.45, 2.75) is 19.0 Å². The van der Waals surface area contributed by atoms with Crippen LogP contribution < -0.4 is 4.90 Å². The van der Waals surface area contributed by atoms with Crippen molar-refractivity contribution in [1.29, 1.82) is 0 Å². The summed E-state index contributed by atoms with van der Waals surface area (Å²) in [5.74, 6) is 0. The normalized spacial score (nSPS) is 16.9. The summed E-state index contributed by atoms with van der Waals surface area (Å²) in [6.07, 6.45) is -2.07. The van der Waals surface area contributed by atoms with E-state index in [9.17, 15) is 13.2 Å². The van der Waals surface area contributed by atoms with E-state index < -0.39 is 11.7 Å². The molecule has 1 aliphatic heterocycles. The first-order valence-corrected chi connectivity index (χ1v) is 5.89. The molecule has 0 unspecified atom stereocenters. The van der Waals surface area contributed by atoms with Crippen LogP contribution >= 0.6 is 15.9 Å². The van der Waals surface area contributed by atoms with Crippen molar-refractivity contribution in [2.24, 2.45) is 0 Å². The number of alkyl halides is 3. The molecule has 0 N–H and O–H groups in total. The van der Waals surface area contributed by atoms with Gasteiger partial charge in [0.15, 0.2) is 0 Å². The zero-order valence-electron chi connectivity index (χ0n) is 8.52. The Morgan fingerprint density at radius 1 is 1.12 bits per heavy atom. The van der Waals surface area contributed by atoms with Gasteiger partial charge in [0.1, 0.15) is 0 Å². The third-order valence-corrected chi connectivity index (χ3v) is 3.39. The van der Waals surface area contributed by atoms with Gasteiger partial charge in [-0.15, -0.1) is 0 Å². The number of nitrogens with zero attached hydrogens (tertiary/aromatic N) is 1. The minimum atomic E-state index is -4.29. The molecule has 88 valence electrons. The van der Waals surface area contributed by atoms with E-state index in [1.807, 2.05) is 0 Å². The van der Waals surface area contributed by atoms with Crippen LogP contribution in [0, 0.1) is 0 Å². The Labute approximate surface area is 100 Å². The van der Waals surface area contributed by atoms with E-state index in [-0.39, 0.29) is 4.47 Å². The van der Waals surface area contributed by atoms with Crippen LogP contribution in [0.3, 0.4) is 0 Å². The molecule has 1 heterocycles. The maximum absolute atomic E-state index is 12.5. The van der Waals surface area contributed by atoms with E-state index in [4.69, 9.17) is 0 Å². The molecule has 16 heavy (non-hydrogen) atoms. The Morgan fingerprint density at radius 3 is 2.25 bits per heavy atom. The highest BCUT2D eigenvalue weighted by molar-refractivity contribution is 9.10. The van der Waals surface area contributed by atoms with Gasteiger partial charge in [0.25, 0.3) is 0 Å². The minimum Gasteiger partial charge on any atom is -0.372 e. The van der Waals surface area contributed by atoms with Crippen LogP contribution in [-0.4, -0.2) is 13.1 Å². The monoisotopic (exact) mass is 293 g/mol. The van der Waals surface area contributed by atoms with Crippen LogP contribution in [0.25, 0.3) is 0 Å². The molecule has 0 atom stereocenters. The van der Waals surface area contributed by atoms with Crippen LogP contribution in [0.1, 0.15) is 18.4 Å². The largest absolute Gasteiger partial charge is 0.417 e. The Bertz CT molecular complexity index is 383. The van der Waals surface area contributed by atoms with Gasteiger partial charge in [-0.25, -0.2) is 0 Å². The van der Waals surface area contributed by atoms with Gasteiger partial charge < -0.3 is 4.90 Å². The van der Waals surface area contributed by atoms with Gasteiger partial charge >= 0.3 is 6.18 Å². The molecular weight excluding hydrogens is 283 g/mol. The summed E-state index contributed by atoms with van der Waals surface area (Å²) >= 11 is 2.98. The molecule has 1 fully saturated rings. The Kier molecular flexibility index (Phi) is 3.15. The van der Waals surface area contributed by atoms with Crippen LogP contribution in [0.5, 0.6) is 0 Å². The smallest absolute Gasteiger partial charge is 0.372 e. The topological polar surface area (TPSA) is 3.24 Å². The Morgan fingerprint density at radius 2 is 1.75 bits per heavy atom. The lowest BCUT2D eigenvalue weighted by Crippen LogP contribution is -2.18. The molecule has 5 heteroatoms. The molecule has 0 saturated carbocycles. The highest BCUT2D eigenvalue weighted by Gasteiger charge is 2.33. The number of hydrogen-bond donors (Lipinski definition) is 0. The SMILES string of the molecule is FC(F)(F)c1ccc(N2CCCC2)cc1Br. The van der Waals surface area contributed by atoms with Gasteiger partial charge in [0.2, 0.25) is 0 Å². The van der Waals surface area contributed by atoms with Crippen LogP contribution in [0.2, 0.25) is 0 Å². The van der Waals surface area contributed by atoms with Crippen molar-refractivity contribution >= 4 is 21.6 Å². The summed E-state index contributed by atoms with van der Waals surface area (Å²) in [7, 11) is 0. The second kappa shape index (κ2) is 4.28. The highest BCUT2D eigenvalue weighted by atomic mass is 79.9. The second-order valence-electron chi connectivity index (χ2n) is 3.86. The van der Waals surface area contributed by atoms with E-state index in [0.29, 0.717) is 0 Å². The lowest BCUT2D eigenvalue weighted by Gasteiger charge is -2.19. The molecule has 1 nitrogen and oxygen atoms in total. The lowest BCUT2D eigenvalue weighted by molar-refractivity contribution is -0.138. The fourth-order valence-corrected chi connectivity index (χ4v) is 2.50. The molecule has 0 amide bonds. The summed E-state index contributed by atoms with van der Waals surface area (Å²) in [4.78, 5) is 2.10. The summed E-state index contributed by atoms with van der Waals surface area (Å²) < 4.78 is 37.7. The average molecular weight is 294 g/mol. The molecule has 1 aromatic carbocycles. The van der Waals surface area contributed by atoms with Gasteiger partial charge in [-0.1, -0.05) is 15.9 Å². The van der Waals surface area contributed by atoms with Crippen molar-refractivity contribution in [2.75, 3.05) is 18.0 Å². The van der Waals surface area contributed by atoms with Gasteiger partial charge in [-0.05, 0) is 31.0 Å². The zero-order chi connectivity index (χ0) is 11.8. The number of anilines is 1. The molecule has 1 aliphatic rings. The summed E-state index contributed by atoms with van der Waals surface area (Å²) in [6, 6.07) is 4.23. The molecule has 1 saturated heterocycles. The van der Waals surface area contributed by atoms with Gasteiger partial charge in [-0.2, -0.15) is 13.2 Å². The molecule has 1 aromatic rings. The van der Waals surface area contributed by atoms with Gasteiger partial charge in [-0.3, -0.25) is 0 Å². The standard InChI is InChI=1S/C11H11BrF3N/c12-10-7-8(16-5-1-2-6-16)3-4-9(10)11(13,14)15/h3-4,7H,1-2,5-6H2. The van der Waals surface area contributed by atoms with Crippen LogP contribution in [0.15, 0.2) is 22.7 Å². The van der Waals surface area contributed by atoms with Crippen molar-refractivity contribution in [3.8, 4) is 0 Å². The molecule has 0 aliphatic carbocycles. The first-order valence-electron chi connectivity index (χ1n) is 5.10. The van der Waals surface area contributed by atoms with E-state index in [2.05, 4.69) is 20.8 Å². The average Bonchev–Trinajstić information content (AvgIpc) is 2.68.